The van der Waals surface area contributed by atoms with Crippen molar-refractivity contribution in [3.8, 4) is 0 Å². The predicted octanol–water partition coefficient (Wildman–Crippen LogP) is 0.818. The van der Waals surface area contributed by atoms with Crippen LogP contribution in [0.15, 0.2) is 0 Å². The van der Waals surface area contributed by atoms with Crippen LogP contribution in [0.25, 0.3) is 0 Å². The smallest absolute Gasteiger partial charge is 0.305 e. The van der Waals surface area contributed by atoms with Crippen LogP contribution in [0.2, 0.25) is 0 Å². The maximum Gasteiger partial charge on any atom is 0.305 e. The molecule has 0 fully saturated rings. The van der Waals surface area contributed by atoms with Crippen LogP contribution in [-0.2, 0) is 28.5 Å². The lowest BCUT2D eigenvalue weighted by Crippen LogP contribution is -2.24. The van der Waals surface area contributed by atoms with Gasteiger partial charge in [-0.3, -0.25) is 9.59 Å². The molecule has 0 aromatic rings. The first kappa shape index (κ1) is 23.8. The highest BCUT2D eigenvalue weighted by atomic mass is 16.6. The molecule has 0 bridgehead atoms. The molecule has 0 saturated carbocycles. The molecular formula is C17H32O8. The van der Waals surface area contributed by atoms with Gasteiger partial charge in [0.05, 0.1) is 13.2 Å². The maximum absolute atomic E-state index is 10.9. The third-order valence-corrected chi connectivity index (χ3v) is 3.15. The summed E-state index contributed by atoms with van der Waals surface area (Å²) in [6.07, 6.45) is 1.50. The fraction of sp³-hybridized carbons (Fsp3) is 0.882. The quantitative estimate of drug-likeness (QED) is 0.306. The number of ether oxygens (including phenoxy) is 4. The molecule has 25 heavy (non-hydrogen) atoms. The molecule has 0 aliphatic rings. The van der Waals surface area contributed by atoms with E-state index in [0.29, 0.717) is 13.2 Å². The summed E-state index contributed by atoms with van der Waals surface area (Å²) in [6.45, 7) is 4.58. The maximum atomic E-state index is 10.9. The Bertz CT molecular complexity index is 316. The molecule has 0 spiro atoms. The van der Waals surface area contributed by atoms with Crippen molar-refractivity contribution in [1.82, 2.24) is 0 Å². The summed E-state index contributed by atoms with van der Waals surface area (Å²) in [6, 6.07) is 0. The SMILES string of the molecule is CCC(=O)OCC(O)COCCCCCOCC(O)COC(=O)CC. The molecule has 0 radical (unpaired) electrons. The molecule has 0 aromatic carbocycles. The van der Waals surface area contributed by atoms with E-state index in [2.05, 4.69) is 0 Å². The molecule has 2 unspecified atom stereocenters. The number of unbranched alkanes of at least 4 members (excludes halogenated alkanes) is 2. The lowest BCUT2D eigenvalue weighted by atomic mass is 10.2. The Morgan fingerprint density at radius 1 is 0.720 bits per heavy atom. The Hall–Kier alpha value is -1.22. The number of aliphatic hydroxyl groups is 2. The fourth-order valence-electron chi connectivity index (χ4n) is 1.70. The molecule has 0 aliphatic carbocycles. The first-order valence-corrected chi connectivity index (χ1v) is 8.82. The Labute approximate surface area is 149 Å². The van der Waals surface area contributed by atoms with Crippen LogP contribution in [0.4, 0.5) is 0 Å². The summed E-state index contributed by atoms with van der Waals surface area (Å²) in [7, 11) is 0. The van der Waals surface area contributed by atoms with Crippen molar-refractivity contribution in [2.24, 2.45) is 0 Å². The Morgan fingerprint density at radius 2 is 1.12 bits per heavy atom. The molecule has 2 atom stereocenters. The standard InChI is InChI=1S/C17H32O8/c1-3-16(20)24-12-14(18)10-22-8-6-5-7-9-23-11-15(19)13-25-17(21)4-2/h14-15,18-19H,3-13H2,1-2H3. The van der Waals surface area contributed by atoms with Crippen molar-refractivity contribution >= 4 is 11.9 Å². The Kier molecular flexibility index (Phi) is 15.5. The number of carbonyl (C=O) groups excluding carboxylic acids is 2. The number of hydrogen-bond donors (Lipinski definition) is 2. The number of aliphatic hydroxyl groups excluding tert-OH is 2. The van der Waals surface area contributed by atoms with Crippen LogP contribution in [-0.4, -0.2) is 74.0 Å². The van der Waals surface area contributed by atoms with E-state index in [1.165, 1.54) is 0 Å². The van der Waals surface area contributed by atoms with Gasteiger partial charge in [0.15, 0.2) is 0 Å². The molecule has 0 amide bonds. The Balaban J connectivity index is 3.33. The van der Waals surface area contributed by atoms with Gasteiger partial charge in [-0.25, -0.2) is 0 Å². The van der Waals surface area contributed by atoms with Gasteiger partial charge in [0, 0.05) is 26.1 Å². The van der Waals surface area contributed by atoms with Gasteiger partial charge in [-0.05, 0) is 19.3 Å². The van der Waals surface area contributed by atoms with Crippen LogP contribution in [0, 0.1) is 0 Å². The molecule has 0 aliphatic heterocycles. The minimum absolute atomic E-state index is 0.0452. The lowest BCUT2D eigenvalue weighted by molar-refractivity contribution is -0.148. The number of rotatable bonds is 16. The van der Waals surface area contributed by atoms with Gasteiger partial charge in [-0.15, -0.1) is 0 Å². The van der Waals surface area contributed by atoms with E-state index < -0.39 is 12.2 Å². The molecule has 0 rings (SSSR count). The minimum Gasteiger partial charge on any atom is -0.463 e. The second-order valence-electron chi connectivity index (χ2n) is 5.59. The van der Waals surface area contributed by atoms with E-state index in [1.54, 1.807) is 13.8 Å². The van der Waals surface area contributed by atoms with Gasteiger partial charge in [0.2, 0.25) is 0 Å². The van der Waals surface area contributed by atoms with Gasteiger partial charge in [0.25, 0.3) is 0 Å². The summed E-state index contributed by atoms with van der Waals surface area (Å²) in [5.74, 6) is -0.680. The second kappa shape index (κ2) is 16.3. The summed E-state index contributed by atoms with van der Waals surface area (Å²) < 4.78 is 20.2. The van der Waals surface area contributed by atoms with E-state index in [9.17, 15) is 19.8 Å². The van der Waals surface area contributed by atoms with Crippen molar-refractivity contribution in [3.63, 3.8) is 0 Å². The van der Waals surface area contributed by atoms with E-state index in [4.69, 9.17) is 18.9 Å². The van der Waals surface area contributed by atoms with E-state index in [0.717, 1.165) is 19.3 Å². The predicted molar refractivity (Wildman–Crippen MR) is 90.0 cm³/mol. The lowest BCUT2D eigenvalue weighted by Gasteiger charge is -2.12. The van der Waals surface area contributed by atoms with Crippen molar-refractivity contribution in [2.75, 3.05) is 39.6 Å². The van der Waals surface area contributed by atoms with E-state index >= 15 is 0 Å². The first-order valence-electron chi connectivity index (χ1n) is 8.82. The minimum atomic E-state index is -0.804. The van der Waals surface area contributed by atoms with Crippen molar-refractivity contribution in [3.05, 3.63) is 0 Å². The third-order valence-electron chi connectivity index (χ3n) is 3.15. The summed E-state index contributed by atoms with van der Waals surface area (Å²) in [4.78, 5) is 21.8. The zero-order valence-corrected chi connectivity index (χ0v) is 15.3. The molecule has 0 aromatic heterocycles. The molecule has 2 N–H and O–H groups in total. The summed E-state index contributed by atoms with van der Waals surface area (Å²) in [5, 5.41) is 19.1. The fourth-order valence-corrected chi connectivity index (χ4v) is 1.70. The molecule has 8 heteroatoms. The highest BCUT2D eigenvalue weighted by molar-refractivity contribution is 5.69. The normalized spacial score (nSPS) is 13.3. The van der Waals surface area contributed by atoms with Crippen molar-refractivity contribution in [2.45, 2.75) is 58.2 Å². The number of carbonyl (C=O) groups is 2. The van der Waals surface area contributed by atoms with Crippen LogP contribution in [0.5, 0.6) is 0 Å². The average molecular weight is 364 g/mol. The van der Waals surface area contributed by atoms with Gasteiger partial charge in [-0.1, -0.05) is 13.8 Å². The van der Waals surface area contributed by atoms with Gasteiger partial charge in [-0.2, -0.15) is 0 Å². The van der Waals surface area contributed by atoms with E-state index in [1.807, 2.05) is 0 Å². The van der Waals surface area contributed by atoms with Crippen molar-refractivity contribution in [1.29, 1.82) is 0 Å². The van der Waals surface area contributed by atoms with Gasteiger partial charge >= 0.3 is 11.9 Å². The van der Waals surface area contributed by atoms with Gasteiger partial charge in [0.1, 0.15) is 25.4 Å². The highest BCUT2D eigenvalue weighted by Crippen LogP contribution is 1.99. The number of esters is 2. The first-order chi connectivity index (χ1) is 12.0. The zero-order valence-electron chi connectivity index (χ0n) is 15.3. The Morgan fingerprint density at radius 3 is 1.48 bits per heavy atom. The summed E-state index contributed by atoms with van der Waals surface area (Å²) in [5.41, 5.74) is 0. The summed E-state index contributed by atoms with van der Waals surface area (Å²) >= 11 is 0. The molecule has 8 nitrogen and oxygen atoms in total. The third kappa shape index (κ3) is 16.0. The van der Waals surface area contributed by atoms with Gasteiger partial charge < -0.3 is 29.2 Å². The monoisotopic (exact) mass is 364 g/mol. The topological polar surface area (TPSA) is 112 Å². The molecule has 148 valence electrons. The molecule has 0 heterocycles. The molecular weight excluding hydrogens is 332 g/mol. The van der Waals surface area contributed by atoms with Crippen LogP contribution in [0.1, 0.15) is 46.0 Å². The average Bonchev–Trinajstić information content (AvgIpc) is 2.62. The number of hydrogen-bond acceptors (Lipinski definition) is 8. The van der Waals surface area contributed by atoms with Crippen LogP contribution >= 0.6 is 0 Å². The molecule has 0 saturated heterocycles. The van der Waals surface area contributed by atoms with Crippen LogP contribution < -0.4 is 0 Å². The highest BCUT2D eigenvalue weighted by Gasteiger charge is 2.08. The van der Waals surface area contributed by atoms with Crippen molar-refractivity contribution < 1.29 is 38.7 Å². The van der Waals surface area contributed by atoms with E-state index in [-0.39, 0.29) is 51.2 Å². The van der Waals surface area contributed by atoms with Crippen LogP contribution in [0.3, 0.4) is 0 Å². The second-order valence-corrected chi connectivity index (χ2v) is 5.59. The zero-order chi connectivity index (χ0) is 18.9. The largest absolute Gasteiger partial charge is 0.463 e.